The van der Waals surface area contributed by atoms with E-state index in [2.05, 4.69) is 0 Å². The van der Waals surface area contributed by atoms with Crippen molar-refractivity contribution in [2.45, 2.75) is 13.8 Å². The van der Waals surface area contributed by atoms with Crippen LogP contribution in [0.3, 0.4) is 0 Å². The zero-order chi connectivity index (χ0) is 19.1. The van der Waals surface area contributed by atoms with Crippen LogP contribution >= 0.6 is 11.3 Å². The predicted molar refractivity (Wildman–Crippen MR) is 110 cm³/mol. The molecule has 0 fully saturated rings. The van der Waals surface area contributed by atoms with E-state index in [0.29, 0.717) is 16.3 Å². The van der Waals surface area contributed by atoms with Gasteiger partial charge in [-0.2, -0.15) is 0 Å². The Hall–Kier alpha value is -3.12. The molecule has 1 aliphatic rings. The number of phenolic OH excluding ortho intramolecular Hbond substituents is 1. The van der Waals surface area contributed by atoms with Crippen molar-refractivity contribution in [2.24, 2.45) is 0 Å². The Morgan fingerprint density at radius 1 is 1.07 bits per heavy atom. The van der Waals surface area contributed by atoms with Gasteiger partial charge in [0.05, 0.1) is 23.5 Å². The van der Waals surface area contributed by atoms with Crippen LogP contribution in [-0.4, -0.2) is 27.6 Å². The van der Waals surface area contributed by atoms with E-state index in [4.69, 9.17) is 10.4 Å². The molecule has 4 rings (SSSR count). The molecule has 1 aliphatic heterocycles. The second-order valence-corrected chi connectivity index (χ2v) is 7.74. The lowest BCUT2D eigenvalue weighted by Crippen LogP contribution is -2.26. The predicted octanol–water partition coefficient (Wildman–Crippen LogP) is 4.90. The Morgan fingerprint density at radius 2 is 1.81 bits per heavy atom. The Morgan fingerprint density at radius 3 is 2.56 bits per heavy atom. The monoisotopic (exact) mass is 377 g/mol. The van der Waals surface area contributed by atoms with Crippen molar-refractivity contribution in [1.29, 1.82) is 5.41 Å². The first-order valence-electron chi connectivity index (χ1n) is 8.57. The molecule has 3 aromatic rings. The average Bonchev–Trinajstić information content (AvgIpc) is 3.17. The van der Waals surface area contributed by atoms with E-state index in [9.17, 15) is 10.2 Å². The first-order chi connectivity index (χ1) is 13.0. The van der Waals surface area contributed by atoms with E-state index in [-0.39, 0.29) is 23.9 Å². The van der Waals surface area contributed by atoms with E-state index in [0.717, 1.165) is 21.7 Å². The van der Waals surface area contributed by atoms with Gasteiger partial charge in [0.25, 0.3) is 0 Å². The van der Waals surface area contributed by atoms with Gasteiger partial charge >= 0.3 is 0 Å². The van der Waals surface area contributed by atoms with Crippen molar-refractivity contribution < 1.29 is 10.2 Å². The van der Waals surface area contributed by atoms with Gasteiger partial charge in [-0.25, -0.2) is 4.98 Å². The summed E-state index contributed by atoms with van der Waals surface area (Å²) in [5.74, 6) is 0.315. The summed E-state index contributed by atoms with van der Waals surface area (Å²) in [7, 11) is 0. The third-order valence-corrected chi connectivity index (χ3v) is 5.57. The largest absolute Gasteiger partial charge is 0.510 e. The summed E-state index contributed by atoms with van der Waals surface area (Å²) in [6.07, 6.45) is 0. The Bertz CT molecular complexity index is 1070. The van der Waals surface area contributed by atoms with E-state index < -0.39 is 0 Å². The first kappa shape index (κ1) is 17.3. The molecule has 1 aromatic heterocycles. The Balaban J connectivity index is 1.72. The fraction of sp³-hybridized carbons (Fsp3) is 0.143. The number of hydrogen-bond acceptors (Lipinski definition) is 5. The van der Waals surface area contributed by atoms with E-state index in [1.807, 2.05) is 56.3 Å². The molecule has 2 aromatic carbocycles. The quantitative estimate of drug-likeness (QED) is 0.606. The maximum absolute atomic E-state index is 10.6. The van der Waals surface area contributed by atoms with E-state index in [1.165, 1.54) is 11.3 Å². The summed E-state index contributed by atoms with van der Waals surface area (Å²) in [5.41, 5.74) is 3.78. The minimum absolute atomic E-state index is 0.0830. The topological polar surface area (TPSA) is 80.4 Å². The summed E-state index contributed by atoms with van der Waals surface area (Å²) in [6, 6.07) is 15.1. The maximum atomic E-state index is 10.6. The highest BCUT2D eigenvalue weighted by Crippen LogP contribution is 2.39. The van der Waals surface area contributed by atoms with Crippen LogP contribution in [0.5, 0.6) is 5.75 Å². The van der Waals surface area contributed by atoms with Gasteiger partial charge in [0.2, 0.25) is 0 Å². The number of anilines is 1. The molecule has 0 amide bonds. The smallest absolute Gasteiger partial charge is 0.139 e. The molecule has 2 heterocycles. The van der Waals surface area contributed by atoms with Crippen molar-refractivity contribution in [3.8, 4) is 17.0 Å². The molecule has 0 bridgehead atoms. The van der Waals surface area contributed by atoms with Gasteiger partial charge in [0.15, 0.2) is 0 Å². The number of aromatic nitrogens is 1. The van der Waals surface area contributed by atoms with Crippen LogP contribution in [0.4, 0.5) is 5.69 Å². The molecule has 136 valence electrons. The fourth-order valence-electron chi connectivity index (χ4n) is 3.23. The summed E-state index contributed by atoms with van der Waals surface area (Å²) >= 11 is 1.46. The van der Waals surface area contributed by atoms with Crippen molar-refractivity contribution in [2.75, 3.05) is 11.4 Å². The summed E-state index contributed by atoms with van der Waals surface area (Å²) in [6.45, 7) is 4.06. The van der Waals surface area contributed by atoms with Gasteiger partial charge in [-0.05, 0) is 31.5 Å². The molecular weight excluding hydrogens is 358 g/mol. The third kappa shape index (κ3) is 2.98. The molecule has 0 radical (unpaired) electrons. The lowest BCUT2D eigenvalue weighted by atomic mass is 10.1. The second kappa shape index (κ2) is 6.55. The zero-order valence-electron chi connectivity index (χ0n) is 15.0. The first-order valence-corrected chi connectivity index (χ1v) is 9.38. The standard InChI is InChI=1S/C21H19N3O2S/c1-12-8-9-16(25)15(10-12)24-11-17(26)18(20(24)22)21-23-19(13(2)27-21)14-6-4-3-5-7-14/h3-10,22,25-26H,11H2,1-2H3. The van der Waals surface area contributed by atoms with Gasteiger partial charge in [-0.15, -0.1) is 11.3 Å². The maximum Gasteiger partial charge on any atom is 0.139 e. The zero-order valence-corrected chi connectivity index (χ0v) is 15.8. The highest BCUT2D eigenvalue weighted by atomic mass is 32.1. The number of aryl methyl sites for hydroxylation is 2. The van der Waals surface area contributed by atoms with Crippen LogP contribution in [0.25, 0.3) is 16.8 Å². The van der Waals surface area contributed by atoms with Crippen molar-refractivity contribution in [1.82, 2.24) is 4.98 Å². The molecule has 0 saturated carbocycles. The van der Waals surface area contributed by atoms with Gasteiger partial charge in [0.1, 0.15) is 22.4 Å². The SMILES string of the molecule is Cc1ccc(O)c(N2CC(O)=C(c3nc(-c4ccccc4)c(C)s3)C2=N)c1. The number of thiazole rings is 1. The van der Waals surface area contributed by atoms with Crippen molar-refractivity contribution >= 4 is 28.4 Å². The Labute approximate surface area is 161 Å². The summed E-state index contributed by atoms with van der Waals surface area (Å²) in [4.78, 5) is 7.33. The van der Waals surface area contributed by atoms with Gasteiger partial charge < -0.3 is 15.1 Å². The average molecular weight is 377 g/mol. The van der Waals surface area contributed by atoms with Crippen LogP contribution in [0.15, 0.2) is 54.3 Å². The number of benzene rings is 2. The number of nitrogens with one attached hydrogen (secondary N) is 1. The number of phenols is 1. The third-order valence-electron chi connectivity index (χ3n) is 4.58. The molecule has 5 nitrogen and oxygen atoms in total. The lowest BCUT2D eigenvalue weighted by molar-refractivity contribution is 0.411. The highest BCUT2D eigenvalue weighted by Gasteiger charge is 2.33. The normalized spacial score (nSPS) is 14.3. The van der Waals surface area contributed by atoms with E-state index in [1.54, 1.807) is 11.0 Å². The van der Waals surface area contributed by atoms with Crippen LogP contribution in [0.1, 0.15) is 15.4 Å². The molecule has 3 N–H and O–H groups in total. The minimum Gasteiger partial charge on any atom is -0.510 e. The van der Waals surface area contributed by atoms with E-state index >= 15 is 0 Å². The number of amidine groups is 1. The number of aliphatic hydroxyl groups is 1. The molecule has 0 saturated heterocycles. The summed E-state index contributed by atoms with van der Waals surface area (Å²) in [5, 5.41) is 30.0. The molecule has 27 heavy (non-hydrogen) atoms. The molecule has 6 heteroatoms. The number of hydrogen-bond donors (Lipinski definition) is 3. The van der Waals surface area contributed by atoms with Crippen LogP contribution in [0.2, 0.25) is 0 Å². The second-order valence-electron chi connectivity index (χ2n) is 6.54. The number of aromatic hydroxyl groups is 1. The molecule has 0 spiro atoms. The van der Waals surface area contributed by atoms with Crippen molar-refractivity contribution in [3.63, 3.8) is 0 Å². The molecule has 0 unspecified atom stereocenters. The lowest BCUT2D eigenvalue weighted by Gasteiger charge is -2.20. The van der Waals surface area contributed by atoms with Gasteiger partial charge in [-0.1, -0.05) is 36.4 Å². The fourth-order valence-corrected chi connectivity index (χ4v) is 4.23. The van der Waals surface area contributed by atoms with Crippen LogP contribution < -0.4 is 4.90 Å². The molecular formula is C21H19N3O2S. The number of nitrogens with zero attached hydrogens (tertiary/aromatic N) is 2. The number of aliphatic hydroxyl groups excluding tert-OH is 1. The van der Waals surface area contributed by atoms with Gasteiger partial charge in [0, 0.05) is 10.4 Å². The number of rotatable bonds is 3. The van der Waals surface area contributed by atoms with Gasteiger partial charge in [-0.3, -0.25) is 5.41 Å². The molecule has 0 aliphatic carbocycles. The Kier molecular flexibility index (Phi) is 4.20. The van der Waals surface area contributed by atoms with Crippen LogP contribution in [-0.2, 0) is 0 Å². The highest BCUT2D eigenvalue weighted by molar-refractivity contribution is 7.13. The molecule has 0 atom stereocenters. The minimum atomic E-state index is 0.0830. The van der Waals surface area contributed by atoms with Crippen LogP contribution in [0, 0.1) is 19.3 Å². The van der Waals surface area contributed by atoms with Crippen molar-refractivity contribution in [3.05, 3.63) is 69.7 Å². The summed E-state index contributed by atoms with van der Waals surface area (Å²) < 4.78 is 0.